The number of hydrogen-bond donors (Lipinski definition) is 1. The molecule has 1 saturated carbocycles. The molecule has 1 aromatic carbocycles. The van der Waals surface area contributed by atoms with Gasteiger partial charge >= 0.3 is 0 Å². The first kappa shape index (κ1) is 13.9. The van der Waals surface area contributed by atoms with Crippen LogP contribution in [0.25, 0.3) is 0 Å². The van der Waals surface area contributed by atoms with Crippen LogP contribution >= 0.6 is 0 Å². The van der Waals surface area contributed by atoms with Gasteiger partial charge in [-0.2, -0.15) is 0 Å². The van der Waals surface area contributed by atoms with E-state index in [1.54, 1.807) is 6.07 Å². The van der Waals surface area contributed by atoms with Crippen molar-refractivity contribution in [3.8, 4) is 0 Å². The van der Waals surface area contributed by atoms with Crippen LogP contribution in [-0.2, 0) is 0 Å². The Morgan fingerprint density at radius 2 is 1.90 bits per heavy atom. The minimum atomic E-state index is -0.151. The van der Waals surface area contributed by atoms with Crippen molar-refractivity contribution in [1.29, 1.82) is 0 Å². The Morgan fingerprint density at radius 1 is 1.10 bits per heavy atom. The first-order valence-corrected chi connectivity index (χ1v) is 8.07. The van der Waals surface area contributed by atoms with Crippen LogP contribution in [0.4, 0.5) is 10.1 Å². The Labute approximate surface area is 121 Å². The van der Waals surface area contributed by atoms with Gasteiger partial charge in [0, 0.05) is 19.1 Å². The van der Waals surface area contributed by atoms with Crippen molar-refractivity contribution in [2.24, 2.45) is 5.92 Å². The smallest absolute Gasteiger partial charge is 0.146 e. The summed E-state index contributed by atoms with van der Waals surface area (Å²) >= 11 is 0. The van der Waals surface area contributed by atoms with Gasteiger partial charge in [0.25, 0.3) is 0 Å². The maximum atomic E-state index is 13.5. The van der Waals surface area contributed by atoms with Crippen molar-refractivity contribution >= 4 is 5.69 Å². The summed E-state index contributed by atoms with van der Waals surface area (Å²) in [5.41, 5.74) is 0.629. The molecular formula is C17H25FN2. The Hall–Kier alpha value is -1.09. The van der Waals surface area contributed by atoms with Gasteiger partial charge in [0.1, 0.15) is 5.82 Å². The van der Waals surface area contributed by atoms with Gasteiger partial charge in [-0.3, -0.25) is 4.90 Å². The van der Waals surface area contributed by atoms with Gasteiger partial charge in [0.15, 0.2) is 0 Å². The van der Waals surface area contributed by atoms with E-state index < -0.39 is 0 Å². The summed E-state index contributed by atoms with van der Waals surface area (Å²) in [4.78, 5) is 2.64. The van der Waals surface area contributed by atoms with E-state index in [0.717, 1.165) is 25.0 Å². The van der Waals surface area contributed by atoms with E-state index in [9.17, 15) is 4.39 Å². The van der Waals surface area contributed by atoms with E-state index in [2.05, 4.69) is 10.2 Å². The van der Waals surface area contributed by atoms with E-state index in [0.29, 0.717) is 5.69 Å². The van der Waals surface area contributed by atoms with Gasteiger partial charge in [-0.1, -0.05) is 25.0 Å². The normalized spacial score (nSPS) is 27.1. The zero-order chi connectivity index (χ0) is 13.8. The molecule has 0 amide bonds. The van der Waals surface area contributed by atoms with E-state index in [4.69, 9.17) is 0 Å². The Bertz CT molecular complexity index is 433. The number of para-hydroxylation sites is 1. The van der Waals surface area contributed by atoms with Crippen LogP contribution in [0.5, 0.6) is 0 Å². The average molecular weight is 276 g/mol. The van der Waals surface area contributed by atoms with E-state index in [-0.39, 0.29) is 5.82 Å². The van der Waals surface area contributed by atoms with Crippen LogP contribution in [0.15, 0.2) is 24.3 Å². The fraction of sp³-hybridized carbons (Fsp3) is 0.647. The van der Waals surface area contributed by atoms with Crippen LogP contribution < -0.4 is 5.32 Å². The molecule has 110 valence electrons. The molecule has 2 fully saturated rings. The predicted octanol–water partition coefficient (Wildman–Crippen LogP) is 3.89. The SMILES string of the molecule is Fc1ccccc1NCCN1CCCC2CCCCC21. The van der Waals surface area contributed by atoms with Crippen molar-refractivity contribution in [3.05, 3.63) is 30.1 Å². The molecule has 0 bridgehead atoms. The second-order valence-electron chi connectivity index (χ2n) is 6.20. The van der Waals surface area contributed by atoms with Crippen molar-refractivity contribution in [2.45, 2.75) is 44.6 Å². The standard InChI is InChI=1S/C17H25FN2/c18-15-8-2-3-9-16(15)19-11-13-20-12-5-7-14-6-1-4-10-17(14)20/h2-3,8-9,14,17,19H,1,4-7,10-13H2. The van der Waals surface area contributed by atoms with Gasteiger partial charge in [0.2, 0.25) is 0 Å². The Morgan fingerprint density at radius 3 is 2.80 bits per heavy atom. The third kappa shape index (κ3) is 3.14. The number of benzene rings is 1. The van der Waals surface area contributed by atoms with E-state index in [1.807, 2.05) is 12.1 Å². The molecule has 1 N–H and O–H groups in total. The summed E-state index contributed by atoms with van der Waals surface area (Å²) in [5.74, 6) is 0.771. The summed E-state index contributed by atoms with van der Waals surface area (Å²) in [5, 5.41) is 3.24. The highest BCUT2D eigenvalue weighted by Gasteiger charge is 2.32. The lowest BCUT2D eigenvalue weighted by Gasteiger charge is -2.44. The van der Waals surface area contributed by atoms with Crippen LogP contribution in [0.1, 0.15) is 38.5 Å². The topological polar surface area (TPSA) is 15.3 Å². The quantitative estimate of drug-likeness (QED) is 0.897. The first-order valence-electron chi connectivity index (χ1n) is 8.07. The van der Waals surface area contributed by atoms with Crippen molar-refractivity contribution in [3.63, 3.8) is 0 Å². The van der Waals surface area contributed by atoms with E-state index in [1.165, 1.54) is 51.1 Å². The summed E-state index contributed by atoms with van der Waals surface area (Å²) in [6.07, 6.45) is 8.34. The highest BCUT2D eigenvalue weighted by Crippen LogP contribution is 2.34. The molecule has 1 saturated heterocycles. The molecule has 3 rings (SSSR count). The molecule has 1 aliphatic carbocycles. The molecule has 2 nitrogen and oxygen atoms in total. The number of anilines is 1. The largest absolute Gasteiger partial charge is 0.381 e. The van der Waals surface area contributed by atoms with Crippen LogP contribution in [0.3, 0.4) is 0 Å². The van der Waals surface area contributed by atoms with Crippen molar-refractivity contribution in [1.82, 2.24) is 4.90 Å². The van der Waals surface area contributed by atoms with Crippen LogP contribution in [0, 0.1) is 11.7 Å². The van der Waals surface area contributed by atoms with Crippen molar-refractivity contribution < 1.29 is 4.39 Å². The molecule has 3 heteroatoms. The highest BCUT2D eigenvalue weighted by molar-refractivity contribution is 5.44. The number of rotatable bonds is 4. The molecule has 0 spiro atoms. The average Bonchev–Trinajstić information content (AvgIpc) is 2.49. The lowest BCUT2D eigenvalue weighted by atomic mass is 9.78. The van der Waals surface area contributed by atoms with Crippen LogP contribution in [0.2, 0.25) is 0 Å². The fourth-order valence-electron chi connectivity index (χ4n) is 3.94. The number of fused-ring (bicyclic) bond motifs is 1. The van der Waals surface area contributed by atoms with Gasteiger partial charge in [-0.15, -0.1) is 0 Å². The van der Waals surface area contributed by atoms with Gasteiger partial charge in [-0.05, 0) is 50.3 Å². The minimum Gasteiger partial charge on any atom is -0.381 e. The fourth-order valence-corrected chi connectivity index (χ4v) is 3.94. The third-order valence-electron chi connectivity index (χ3n) is 4.95. The molecule has 1 aliphatic heterocycles. The Balaban J connectivity index is 1.51. The predicted molar refractivity (Wildman–Crippen MR) is 81.4 cm³/mol. The lowest BCUT2D eigenvalue weighted by molar-refractivity contribution is 0.0645. The molecule has 2 atom stereocenters. The molecule has 20 heavy (non-hydrogen) atoms. The molecule has 1 heterocycles. The number of nitrogens with one attached hydrogen (secondary N) is 1. The van der Waals surface area contributed by atoms with Gasteiger partial charge < -0.3 is 5.32 Å². The summed E-state index contributed by atoms with van der Waals surface area (Å²) < 4.78 is 13.5. The molecule has 2 aliphatic rings. The summed E-state index contributed by atoms with van der Waals surface area (Å²) in [6, 6.07) is 7.73. The first-order chi connectivity index (χ1) is 9.84. The number of likely N-dealkylation sites (tertiary alicyclic amines) is 1. The van der Waals surface area contributed by atoms with Gasteiger partial charge in [-0.25, -0.2) is 4.39 Å². The van der Waals surface area contributed by atoms with E-state index >= 15 is 0 Å². The molecule has 0 aromatic heterocycles. The second kappa shape index (κ2) is 6.57. The number of piperidine rings is 1. The molecule has 0 radical (unpaired) electrons. The zero-order valence-corrected chi connectivity index (χ0v) is 12.2. The maximum Gasteiger partial charge on any atom is 0.146 e. The minimum absolute atomic E-state index is 0.151. The summed E-state index contributed by atoms with van der Waals surface area (Å²) in [6.45, 7) is 3.10. The third-order valence-corrected chi connectivity index (χ3v) is 4.95. The highest BCUT2D eigenvalue weighted by atomic mass is 19.1. The second-order valence-corrected chi connectivity index (χ2v) is 6.20. The monoisotopic (exact) mass is 276 g/mol. The Kier molecular flexibility index (Phi) is 4.56. The number of nitrogens with zero attached hydrogens (tertiary/aromatic N) is 1. The molecular weight excluding hydrogens is 251 g/mol. The zero-order valence-electron chi connectivity index (χ0n) is 12.2. The number of hydrogen-bond acceptors (Lipinski definition) is 2. The van der Waals surface area contributed by atoms with Gasteiger partial charge in [0.05, 0.1) is 5.69 Å². The molecule has 2 unspecified atom stereocenters. The molecule has 1 aromatic rings. The maximum absolute atomic E-state index is 13.5. The summed E-state index contributed by atoms with van der Waals surface area (Å²) in [7, 11) is 0. The van der Waals surface area contributed by atoms with Crippen LogP contribution in [-0.4, -0.2) is 30.6 Å². The van der Waals surface area contributed by atoms with Crippen molar-refractivity contribution in [2.75, 3.05) is 25.0 Å². The lowest BCUT2D eigenvalue weighted by Crippen LogP contribution is -2.48. The number of halogens is 1.